The Morgan fingerprint density at radius 1 is 1.03 bits per heavy atom. The molecule has 0 aromatic heterocycles. The van der Waals surface area contributed by atoms with Crippen molar-refractivity contribution in [3.8, 4) is 6.07 Å². The number of hydrogen-bond donors (Lipinski definition) is 1. The number of primary amides is 1. The topological polar surface area (TPSA) is 83.9 Å². The molecular formula is C31H42N3O2+. The average molecular weight is 489 g/mol. The van der Waals surface area contributed by atoms with E-state index in [1.807, 2.05) is 36.4 Å². The van der Waals surface area contributed by atoms with Crippen molar-refractivity contribution in [3.63, 3.8) is 0 Å². The Balaban J connectivity index is 1.62. The van der Waals surface area contributed by atoms with Crippen LogP contribution < -0.4 is 5.73 Å². The first-order valence-corrected chi connectivity index (χ1v) is 13.6. The molecule has 0 radical (unpaired) electrons. The predicted molar refractivity (Wildman–Crippen MR) is 144 cm³/mol. The molecule has 1 heterocycles. The number of amides is 2. The van der Waals surface area contributed by atoms with Crippen molar-refractivity contribution in [2.75, 3.05) is 13.1 Å². The van der Waals surface area contributed by atoms with Crippen LogP contribution in [0.4, 0.5) is 0 Å². The fourth-order valence-corrected chi connectivity index (χ4v) is 6.07. The van der Waals surface area contributed by atoms with E-state index < -0.39 is 11.5 Å². The number of nitrogens with two attached hydrogens (primary N) is 1. The molecule has 2 amide bonds. The average Bonchev–Trinajstić information content (AvgIpc) is 3.33. The van der Waals surface area contributed by atoms with Crippen molar-refractivity contribution in [1.29, 1.82) is 5.26 Å². The Morgan fingerprint density at radius 2 is 1.69 bits per heavy atom. The molecule has 3 atom stereocenters. The Bertz CT molecular complexity index is 1030. The van der Waals surface area contributed by atoms with Gasteiger partial charge in [-0.2, -0.15) is 5.26 Å². The minimum atomic E-state index is -0.558. The lowest BCUT2D eigenvalue weighted by Crippen LogP contribution is -2.60. The van der Waals surface area contributed by atoms with Gasteiger partial charge in [0.15, 0.2) is 6.04 Å². The first-order valence-electron chi connectivity index (χ1n) is 13.6. The molecule has 1 aliphatic rings. The number of carbonyl (C=O) groups is 2. The monoisotopic (exact) mass is 488 g/mol. The van der Waals surface area contributed by atoms with Crippen LogP contribution in [0.5, 0.6) is 0 Å². The lowest BCUT2D eigenvalue weighted by Gasteiger charge is -2.36. The number of nitrogens with zero attached hydrogens (tertiary/aromatic N) is 2. The van der Waals surface area contributed by atoms with E-state index in [9.17, 15) is 14.9 Å². The SMILES string of the molecule is CC(C)[C@@](C#N)(CCCCC(=O)[N@+]1(CCCCc2ccccc2)CCCC1C(N)=O)c1ccccc1. The summed E-state index contributed by atoms with van der Waals surface area (Å²) in [6.45, 7) is 5.57. The molecule has 2 N–H and O–H groups in total. The quantitative estimate of drug-likeness (QED) is 0.291. The summed E-state index contributed by atoms with van der Waals surface area (Å²) >= 11 is 0. The normalized spacial score (nSPS) is 21.1. The standard InChI is InChI=1S/C31H41N3O2/c1-25(2)31(24-32,27-17-7-4-8-18-27)21-11-9-20-29(35)34(23-13-19-28(34)30(33)36)22-12-10-16-26-14-5-3-6-15-26/h3-8,14-15,17-18,25,28H,9-13,16,19-23H2,1-2H3,(H-,33,36)/p+1/t28?,31-,34+/m0/s1. The Kier molecular flexibility index (Phi) is 9.84. The molecule has 0 spiro atoms. The summed E-state index contributed by atoms with van der Waals surface area (Å²) in [6, 6.07) is 22.6. The minimum Gasteiger partial charge on any atom is -0.364 e. The van der Waals surface area contributed by atoms with Gasteiger partial charge >= 0.3 is 5.91 Å². The summed E-state index contributed by atoms with van der Waals surface area (Å²) in [5, 5.41) is 10.1. The number of nitriles is 1. The summed E-state index contributed by atoms with van der Waals surface area (Å²) in [5.41, 5.74) is 7.58. The first kappa shape index (κ1) is 27.6. The lowest BCUT2D eigenvalue weighted by atomic mass is 9.69. The number of hydrogen-bond acceptors (Lipinski definition) is 3. The summed E-state index contributed by atoms with van der Waals surface area (Å²) in [7, 11) is 0. The second kappa shape index (κ2) is 12.8. The highest BCUT2D eigenvalue weighted by atomic mass is 16.2. The number of aryl methyl sites for hydroxylation is 1. The largest absolute Gasteiger partial charge is 0.364 e. The molecule has 2 aromatic carbocycles. The Morgan fingerprint density at radius 3 is 2.31 bits per heavy atom. The first-order chi connectivity index (χ1) is 17.4. The second-order valence-electron chi connectivity index (χ2n) is 10.7. The van der Waals surface area contributed by atoms with Crippen molar-refractivity contribution in [2.45, 2.75) is 83.1 Å². The third kappa shape index (κ3) is 6.23. The van der Waals surface area contributed by atoms with Gasteiger partial charge in [0.05, 0.1) is 31.0 Å². The molecule has 0 saturated carbocycles. The van der Waals surface area contributed by atoms with Crippen molar-refractivity contribution in [3.05, 3.63) is 71.8 Å². The fraction of sp³-hybridized carbons (Fsp3) is 0.516. The predicted octanol–water partition coefficient (Wildman–Crippen LogP) is 5.68. The molecular weight excluding hydrogens is 446 g/mol. The number of rotatable bonds is 13. The Labute approximate surface area is 216 Å². The highest BCUT2D eigenvalue weighted by molar-refractivity contribution is 5.82. The second-order valence-corrected chi connectivity index (χ2v) is 10.7. The zero-order valence-corrected chi connectivity index (χ0v) is 22.0. The van der Waals surface area contributed by atoms with Crippen molar-refractivity contribution < 1.29 is 14.1 Å². The molecule has 1 saturated heterocycles. The van der Waals surface area contributed by atoms with Crippen molar-refractivity contribution in [1.82, 2.24) is 0 Å². The van der Waals surface area contributed by atoms with Gasteiger partial charge in [0.2, 0.25) is 0 Å². The van der Waals surface area contributed by atoms with Crippen LogP contribution in [0.25, 0.3) is 0 Å². The number of benzene rings is 2. The van der Waals surface area contributed by atoms with Gasteiger partial charge in [0.1, 0.15) is 0 Å². The maximum Gasteiger partial charge on any atom is 0.314 e. The lowest BCUT2D eigenvalue weighted by molar-refractivity contribution is -0.858. The molecule has 5 nitrogen and oxygen atoms in total. The molecule has 1 fully saturated rings. The van der Waals surface area contributed by atoms with Crippen LogP contribution in [0.3, 0.4) is 0 Å². The molecule has 1 aliphatic heterocycles. The van der Waals surface area contributed by atoms with E-state index in [0.29, 0.717) is 25.9 Å². The smallest absolute Gasteiger partial charge is 0.314 e. The van der Waals surface area contributed by atoms with E-state index in [-0.39, 0.29) is 22.2 Å². The van der Waals surface area contributed by atoms with Gasteiger partial charge in [-0.3, -0.25) is 9.28 Å². The number of likely N-dealkylation sites (tertiary alicyclic amines) is 1. The Hall–Kier alpha value is -2.97. The van der Waals surface area contributed by atoms with Crippen molar-refractivity contribution in [2.24, 2.45) is 11.7 Å². The number of quaternary nitrogens is 1. The van der Waals surface area contributed by atoms with Crippen LogP contribution in [0.2, 0.25) is 0 Å². The fourth-order valence-electron chi connectivity index (χ4n) is 6.07. The molecule has 5 heteroatoms. The third-order valence-corrected chi connectivity index (χ3v) is 8.26. The van der Waals surface area contributed by atoms with Crippen LogP contribution in [-0.2, 0) is 21.4 Å². The molecule has 0 bridgehead atoms. The van der Waals surface area contributed by atoms with Gasteiger partial charge < -0.3 is 5.73 Å². The van der Waals surface area contributed by atoms with Crippen LogP contribution in [0.15, 0.2) is 60.7 Å². The maximum absolute atomic E-state index is 13.6. The van der Waals surface area contributed by atoms with E-state index in [0.717, 1.165) is 50.5 Å². The van der Waals surface area contributed by atoms with Gasteiger partial charge in [0, 0.05) is 12.8 Å². The summed E-state index contributed by atoms with van der Waals surface area (Å²) in [6.07, 6.45) is 7.06. The van der Waals surface area contributed by atoms with E-state index >= 15 is 0 Å². The summed E-state index contributed by atoms with van der Waals surface area (Å²) in [5.74, 6) is -0.0412. The van der Waals surface area contributed by atoms with Gasteiger partial charge in [-0.05, 0) is 49.1 Å². The van der Waals surface area contributed by atoms with Crippen molar-refractivity contribution >= 4 is 11.8 Å². The van der Waals surface area contributed by atoms with Gasteiger partial charge in [-0.25, -0.2) is 4.79 Å². The zero-order valence-electron chi connectivity index (χ0n) is 22.0. The maximum atomic E-state index is 13.6. The molecule has 1 unspecified atom stereocenters. The highest BCUT2D eigenvalue weighted by Gasteiger charge is 2.50. The van der Waals surface area contributed by atoms with E-state index in [1.54, 1.807) is 0 Å². The van der Waals surface area contributed by atoms with E-state index in [4.69, 9.17) is 5.73 Å². The van der Waals surface area contributed by atoms with Crippen LogP contribution in [-0.4, -0.2) is 35.4 Å². The third-order valence-electron chi connectivity index (χ3n) is 8.26. The minimum absolute atomic E-state index is 0.142. The summed E-state index contributed by atoms with van der Waals surface area (Å²) < 4.78 is 0.219. The number of carbonyl (C=O) groups excluding carboxylic acids is 2. The molecule has 0 aliphatic carbocycles. The van der Waals surface area contributed by atoms with Gasteiger partial charge in [-0.15, -0.1) is 0 Å². The number of unbranched alkanes of at least 4 members (excludes halogenated alkanes) is 2. The molecule has 3 rings (SSSR count). The van der Waals surface area contributed by atoms with E-state index in [1.165, 1.54) is 5.56 Å². The molecule has 192 valence electrons. The molecule has 36 heavy (non-hydrogen) atoms. The van der Waals surface area contributed by atoms with Gasteiger partial charge in [-0.1, -0.05) is 80.9 Å². The van der Waals surface area contributed by atoms with Gasteiger partial charge in [0.25, 0.3) is 5.91 Å². The van der Waals surface area contributed by atoms with Crippen LogP contribution in [0.1, 0.15) is 76.3 Å². The van der Waals surface area contributed by atoms with E-state index in [2.05, 4.69) is 44.2 Å². The molecule has 2 aromatic rings. The van der Waals surface area contributed by atoms with Crippen LogP contribution >= 0.6 is 0 Å². The zero-order chi connectivity index (χ0) is 26.0. The van der Waals surface area contributed by atoms with Crippen LogP contribution in [0, 0.1) is 17.2 Å². The summed E-state index contributed by atoms with van der Waals surface area (Å²) in [4.78, 5) is 26.0. The highest BCUT2D eigenvalue weighted by Crippen LogP contribution is 2.37.